The van der Waals surface area contributed by atoms with Crippen molar-refractivity contribution in [3.05, 3.63) is 12.2 Å². The second-order valence-corrected chi connectivity index (χ2v) is 35.0. The second-order valence-electron chi connectivity index (χ2n) is 33.8. The first-order valence-electron chi connectivity index (χ1n) is 40.0. The number of hydrogen-bond donors (Lipinski definition) is 3. The summed E-state index contributed by atoms with van der Waals surface area (Å²) in [5.41, 5.74) is -2.09. The first-order chi connectivity index (χ1) is 50.6. The van der Waals surface area contributed by atoms with Crippen LogP contribution >= 0.6 is 23.2 Å². The van der Waals surface area contributed by atoms with Gasteiger partial charge in [-0.1, -0.05) is 118 Å². The molecular formula is C79H128Cl2N12O14. The molecule has 107 heavy (non-hydrogen) atoms. The number of nitrogens with one attached hydrogen (secondary N) is 3. The number of hydrogen-bond acceptors (Lipinski definition) is 14. The van der Waals surface area contributed by atoms with Gasteiger partial charge < -0.3 is 69.5 Å². The van der Waals surface area contributed by atoms with Gasteiger partial charge in [0.2, 0.25) is 70.9 Å². The summed E-state index contributed by atoms with van der Waals surface area (Å²) >= 11 is 13.4. The van der Waals surface area contributed by atoms with Crippen molar-refractivity contribution in [2.24, 2.45) is 35.0 Å². The van der Waals surface area contributed by atoms with Gasteiger partial charge in [0.1, 0.15) is 59.9 Å². The number of halogens is 2. The third-order valence-corrected chi connectivity index (χ3v) is 26.3. The average molecular weight is 1540 g/mol. The van der Waals surface area contributed by atoms with Gasteiger partial charge in [-0.3, -0.25) is 57.5 Å². The molecule has 2 bridgehead atoms. The van der Waals surface area contributed by atoms with E-state index in [1.54, 1.807) is 11.8 Å². The molecule has 12 amide bonds. The van der Waals surface area contributed by atoms with Crippen LogP contribution in [0.25, 0.3) is 0 Å². The summed E-state index contributed by atoms with van der Waals surface area (Å²) < 4.78 is 12.3. The minimum atomic E-state index is -1.60. The smallest absolute Gasteiger partial charge is 0.248 e. The average Bonchev–Trinajstić information content (AvgIpc) is 1.29. The van der Waals surface area contributed by atoms with Crippen LogP contribution in [-0.4, -0.2) is 287 Å². The number of likely N-dealkylation sites (N-methyl/N-ethyl adjacent to an activating group) is 6. The zero-order chi connectivity index (χ0) is 78.7. The highest BCUT2D eigenvalue weighted by atomic mass is 35.5. The normalized spacial score (nSPS) is 32.8. The Hall–Kier alpha value is -6.12. The number of carbonyl (C=O) groups is 12. The van der Waals surface area contributed by atoms with E-state index in [4.69, 9.17) is 32.7 Å². The maximum Gasteiger partial charge on any atom is 0.248 e. The van der Waals surface area contributed by atoms with E-state index in [9.17, 15) is 14.4 Å². The quantitative estimate of drug-likeness (QED) is 0.117. The van der Waals surface area contributed by atoms with Crippen LogP contribution < -0.4 is 16.0 Å². The van der Waals surface area contributed by atoms with Crippen molar-refractivity contribution in [1.29, 1.82) is 0 Å². The predicted molar refractivity (Wildman–Crippen MR) is 408 cm³/mol. The van der Waals surface area contributed by atoms with Gasteiger partial charge in [-0.2, -0.15) is 0 Å². The highest BCUT2D eigenvalue weighted by molar-refractivity contribution is 6.30. The van der Waals surface area contributed by atoms with Crippen molar-refractivity contribution in [3.8, 4) is 0 Å². The molecule has 602 valence electrons. The SMILES string of the molecule is CCC(CC)[C@H]1C(=O)N(C)[C@H](C(=O)N(C)C)CC(=O)N(C)[C@@H](COC)C(=O)N[C@@H]([C@@H](C)CC)C(=O)N2CCC[C@H]2C(=O)N(C)[C@H]2C/C=C\CCN(C2=O)[C@@H](CC2CCC(C)CC2)C(=O)N(C)CC(=O)N[C@@H](CCC2CCC(Cl)C(Cl)C2)C(=O)N2C[C@H](OC3CCCC3)C[C@H]2C(=O)NC2(CC(C)(C)C2)C(=O)N1C. The molecule has 3 unspecified atom stereocenters. The zero-order valence-corrected chi connectivity index (χ0v) is 68.3. The molecule has 0 radical (unpaired) electrons. The van der Waals surface area contributed by atoms with Gasteiger partial charge >= 0.3 is 0 Å². The molecule has 4 heterocycles. The number of fused-ring (bicyclic) bond motifs is 4. The third kappa shape index (κ3) is 20.7. The highest BCUT2D eigenvalue weighted by Crippen LogP contribution is 2.50. The number of carbonyl (C=O) groups excluding carboxylic acids is 12. The zero-order valence-electron chi connectivity index (χ0n) is 66.8. The number of rotatable bonds is 15. The van der Waals surface area contributed by atoms with Crippen LogP contribution in [0.5, 0.6) is 0 Å². The van der Waals surface area contributed by atoms with Crippen LogP contribution in [0.3, 0.4) is 0 Å². The van der Waals surface area contributed by atoms with Gasteiger partial charge in [0, 0.05) is 87.9 Å². The van der Waals surface area contributed by atoms with E-state index in [2.05, 4.69) is 22.9 Å². The van der Waals surface area contributed by atoms with Crippen molar-refractivity contribution in [2.75, 3.05) is 89.2 Å². The van der Waals surface area contributed by atoms with E-state index in [0.29, 0.717) is 63.7 Å². The molecule has 3 N–H and O–H groups in total. The van der Waals surface area contributed by atoms with Crippen LogP contribution in [0, 0.1) is 35.0 Å². The fourth-order valence-corrected chi connectivity index (χ4v) is 19.1. The number of amides is 12. The van der Waals surface area contributed by atoms with Gasteiger partial charge in [0.05, 0.1) is 37.2 Å². The second kappa shape index (κ2) is 38.2. The molecule has 4 aliphatic carbocycles. The van der Waals surface area contributed by atoms with E-state index >= 15 is 43.2 Å². The summed E-state index contributed by atoms with van der Waals surface area (Å²) in [6.07, 6.45) is 15.1. The lowest BCUT2D eigenvalue weighted by atomic mass is 9.58. The van der Waals surface area contributed by atoms with Gasteiger partial charge in [0.15, 0.2) is 0 Å². The maximum atomic E-state index is 15.9. The molecule has 8 rings (SSSR count). The van der Waals surface area contributed by atoms with Gasteiger partial charge in [-0.15, -0.1) is 23.2 Å². The molecule has 0 aromatic heterocycles. The van der Waals surface area contributed by atoms with E-state index in [0.717, 1.165) is 62.7 Å². The highest BCUT2D eigenvalue weighted by Gasteiger charge is 2.59. The maximum absolute atomic E-state index is 15.9. The van der Waals surface area contributed by atoms with Gasteiger partial charge in [-0.25, -0.2) is 0 Å². The molecule has 3 saturated heterocycles. The van der Waals surface area contributed by atoms with Crippen LogP contribution in [0.1, 0.15) is 209 Å². The van der Waals surface area contributed by atoms with E-state index in [-0.39, 0.29) is 93.5 Å². The molecule has 0 aromatic rings. The Morgan fingerprint density at radius 3 is 1.92 bits per heavy atom. The Morgan fingerprint density at radius 2 is 1.30 bits per heavy atom. The molecular weight excluding hydrogens is 1410 g/mol. The lowest BCUT2D eigenvalue weighted by Crippen LogP contribution is -2.71. The van der Waals surface area contributed by atoms with Crippen LogP contribution in [0.2, 0.25) is 0 Å². The molecule has 26 nitrogen and oxygen atoms in total. The van der Waals surface area contributed by atoms with Crippen molar-refractivity contribution >= 4 is 94.1 Å². The standard InChI is InChI=1S/C79H128Cl2N12O14/c1-16-49(5)66-75(103)91-38-24-28-59(91)73(101)88(12)58-27-20-19-23-37-92(74(58)102)62(40-51-31-29-48(4)30-32-51)72(100)86(10)44-64(94)82-57(36-34-50-33-35-55(80)56(81)39-50)70(98)93-43-54(107-53-25-21-22-26-53)41-60(93)69(97)84-79(46-78(6,7)47-79)77(105)90(14)67(52(17-2)18-3)76(104)89(13)61(71(99)85(8)9)42-65(95)87(11)63(45-106-15)68(96)83-66/h19-20,48-63,66-67H,16-18,21-47H2,1-15H3,(H,82,94)(H,83,96)(H,84,97)/b20-19-/t48?,49-,50?,51?,54+,55?,56?,57-,58-,59-,60-,61-,62-,63-,66-,67-/m0/s1. The monoisotopic (exact) mass is 1540 g/mol. The molecule has 28 heteroatoms. The summed E-state index contributed by atoms with van der Waals surface area (Å²) in [6.45, 7) is 13.0. The van der Waals surface area contributed by atoms with Crippen molar-refractivity contribution < 1.29 is 67.0 Å². The third-order valence-electron chi connectivity index (χ3n) is 25.2. The predicted octanol–water partition coefficient (Wildman–Crippen LogP) is 6.50. The molecule has 0 aromatic carbocycles. The summed E-state index contributed by atoms with van der Waals surface area (Å²) in [5, 5.41) is 8.61. The Kier molecular flexibility index (Phi) is 30.9. The molecule has 4 saturated carbocycles. The summed E-state index contributed by atoms with van der Waals surface area (Å²) in [6, 6.07) is -11.0. The Morgan fingerprint density at radius 1 is 0.636 bits per heavy atom. The number of methoxy groups -OCH3 is 1. The Labute approximate surface area is 646 Å². The largest absolute Gasteiger partial charge is 0.382 e. The van der Waals surface area contributed by atoms with Crippen LogP contribution in [0.4, 0.5) is 0 Å². The van der Waals surface area contributed by atoms with Crippen LogP contribution in [-0.2, 0) is 67.0 Å². The summed E-state index contributed by atoms with van der Waals surface area (Å²) in [5.74, 6) is -7.63. The minimum Gasteiger partial charge on any atom is -0.382 e. The van der Waals surface area contributed by atoms with E-state index in [1.807, 2.05) is 46.8 Å². The van der Waals surface area contributed by atoms with Crippen molar-refractivity contribution in [3.63, 3.8) is 0 Å². The summed E-state index contributed by atoms with van der Waals surface area (Å²) in [4.78, 5) is 197. The molecule has 14 atom stereocenters. The van der Waals surface area contributed by atoms with Gasteiger partial charge in [0.25, 0.3) is 0 Å². The van der Waals surface area contributed by atoms with Crippen LogP contribution in [0.15, 0.2) is 12.2 Å². The van der Waals surface area contributed by atoms with Gasteiger partial charge in [-0.05, 0) is 125 Å². The lowest BCUT2D eigenvalue weighted by Gasteiger charge is -2.54. The number of ether oxygens (including phenoxy) is 2. The molecule has 7 fully saturated rings. The molecule has 4 aliphatic heterocycles. The number of alkyl halides is 2. The first-order valence-corrected chi connectivity index (χ1v) is 40.9. The Balaban J connectivity index is 1.22. The molecule has 1 spiro atoms. The van der Waals surface area contributed by atoms with Crippen molar-refractivity contribution in [1.82, 2.24) is 60.0 Å². The number of nitrogens with zero attached hydrogens (tertiary/aromatic N) is 9. The van der Waals surface area contributed by atoms with Crippen molar-refractivity contribution in [2.45, 2.75) is 292 Å². The molecule has 8 aliphatic rings. The first kappa shape index (κ1) is 86.5. The minimum absolute atomic E-state index is 0.00716. The fraction of sp³-hybridized carbons (Fsp3) is 0.823. The van der Waals surface area contributed by atoms with E-state index < -0.39 is 167 Å². The fourth-order valence-electron chi connectivity index (χ4n) is 18.5. The summed E-state index contributed by atoms with van der Waals surface area (Å²) in [7, 11) is 11.7. The lowest BCUT2D eigenvalue weighted by molar-refractivity contribution is -0.161. The van der Waals surface area contributed by atoms with E-state index in [1.165, 1.54) is 90.7 Å². The topological polar surface area (TPSA) is 289 Å². The Bertz CT molecular complexity index is 3190.